The lowest BCUT2D eigenvalue weighted by Gasteiger charge is -2.27. The first-order valence-electron chi connectivity index (χ1n) is 5.13. The molecular weight excluding hydrogens is 285 g/mol. The van der Waals surface area contributed by atoms with Crippen molar-refractivity contribution in [3.05, 3.63) is 0 Å². The maximum Gasteiger partial charge on any atom is 0.459 e. The van der Waals surface area contributed by atoms with E-state index in [9.17, 15) is 40.3 Å². The van der Waals surface area contributed by atoms with E-state index in [0.29, 0.717) is 0 Å². The lowest BCUT2D eigenvalue weighted by atomic mass is 9.98. The van der Waals surface area contributed by atoms with Gasteiger partial charge in [0, 0.05) is 18.8 Å². The molecule has 0 saturated carbocycles. The van der Waals surface area contributed by atoms with Crippen molar-refractivity contribution in [2.24, 2.45) is 5.92 Å². The number of carbonyl (C=O) groups is 2. The van der Waals surface area contributed by atoms with Gasteiger partial charge in [-0.1, -0.05) is 13.8 Å². The Morgan fingerprint density at radius 2 is 1.37 bits per heavy atom. The van der Waals surface area contributed by atoms with Gasteiger partial charge in [-0.2, -0.15) is 30.7 Å². The van der Waals surface area contributed by atoms with Gasteiger partial charge in [0.25, 0.3) is 0 Å². The second-order valence-corrected chi connectivity index (χ2v) is 4.22. The Balaban J connectivity index is 4.82. The fourth-order valence-electron chi connectivity index (χ4n) is 1.08. The monoisotopic (exact) mass is 296 g/mol. The van der Waals surface area contributed by atoms with Crippen molar-refractivity contribution >= 4 is 11.6 Å². The number of halogens is 7. The summed E-state index contributed by atoms with van der Waals surface area (Å²) in [6.45, 7) is 2.53. The van der Waals surface area contributed by atoms with Crippen LogP contribution in [0.1, 0.15) is 26.7 Å². The molecule has 19 heavy (non-hydrogen) atoms. The fourth-order valence-corrected chi connectivity index (χ4v) is 1.08. The van der Waals surface area contributed by atoms with Gasteiger partial charge < -0.3 is 0 Å². The predicted octanol–water partition coefficient (Wildman–Crippen LogP) is 3.39. The van der Waals surface area contributed by atoms with Gasteiger partial charge >= 0.3 is 18.0 Å². The molecule has 0 aliphatic heterocycles. The van der Waals surface area contributed by atoms with Crippen LogP contribution in [0, 0.1) is 5.92 Å². The summed E-state index contributed by atoms with van der Waals surface area (Å²) in [5.41, 5.74) is 0. The number of hydrogen-bond donors (Lipinski definition) is 0. The molecule has 0 fully saturated rings. The molecule has 2 nitrogen and oxygen atoms in total. The van der Waals surface area contributed by atoms with Gasteiger partial charge in [0.15, 0.2) is 5.78 Å². The van der Waals surface area contributed by atoms with E-state index in [2.05, 4.69) is 0 Å². The lowest BCUT2D eigenvalue weighted by Crippen LogP contribution is -2.52. The molecule has 0 N–H and O–H groups in total. The van der Waals surface area contributed by atoms with Crippen LogP contribution < -0.4 is 0 Å². The molecule has 0 unspecified atom stereocenters. The molecule has 0 aliphatic carbocycles. The highest BCUT2D eigenvalue weighted by Gasteiger charge is 2.72. The molecule has 0 atom stereocenters. The summed E-state index contributed by atoms with van der Waals surface area (Å²) in [7, 11) is 0. The Labute approximate surface area is 104 Å². The number of ketones is 2. The molecule has 112 valence electrons. The van der Waals surface area contributed by atoms with Crippen molar-refractivity contribution in [2.45, 2.75) is 44.7 Å². The average molecular weight is 296 g/mol. The third kappa shape index (κ3) is 3.90. The second kappa shape index (κ2) is 5.46. The molecule has 0 saturated heterocycles. The molecule has 0 aromatic rings. The number of Topliss-reactive ketones (excluding diaryl/α,β-unsaturated/α-hetero) is 2. The first-order chi connectivity index (χ1) is 8.24. The summed E-state index contributed by atoms with van der Waals surface area (Å²) in [6.07, 6.45) is -9.84. The number of alkyl halides is 7. The zero-order valence-electron chi connectivity index (χ0n) is 9.95. The van der Waals surface area contributed by atoms with E-state index in [1.807, 2.05) is 0 Å². The standard InChI is InChI=1S/C10H11F7O2/c1-5(2)7(19)6(18)3-4-8(11,12)9(13,14)10(15,16)17/h5H,3-4H2,1-2H3. The minimum atomic E-state index is -6.43. The summed E-state index contributed by atoms with van der Waals surface area (Å²) in [6, 6.07) is 0. The van der Waals surface area contributed by atoms with Crippen LogP contribution in [0.15, 0.2) is 0 Å². The molecule has 0 aliphatic rings. The van der Waals surface area contributed by atoms with E-state index < -0.39 is 48.3 Å². The van der Waals surface area contributed by atoms with Gasteiger partial charge in [0.2, 0.25) is 5.78 Å². The highest BCUT2D eigenvalue weighted by Crippen LogP contribution is 2.48. The van der Waals surface area contributed by atoms with E-state index in [0.717, 1.165) is 0 Å². The molecule has 0 aromatic carbocycles. The topological polar surface area (TPSA) is 34.1 Å². The van der Waals surface area contributed by atoms with E-state index in [4.69, 9.17) is 0 Å². The quantitative estimate of drug-likeness (QED) is 0.556. The minimum absolute atomic E-state index is 0.843. The molecule has 0 heterocycles. The second-order valence-electron chi connectivity index (χ2n) is 4.22. The third-order valence-corrected chi connectivity index (χ3v) is 2.28. The van der Waals surface area contributed by atoms with Gasteiger partial charge in [0.05, 0.1) is 0 Å². The smallest absolute Gasteiger partial charge is 0.291 e. The van der Waals surface area contributed by atoms with E-state index in [-0.39, 0.29) is 0 Å². The zero-order valence-corrected chi connectivity index (χ0v) is 9.95. The molecular formula is C10H11F7O2. The van der Waals surface area contributed by atoms with Crippen molar-refractivity contribution in [1.29, 1.82) is 0 Å². The maximum absolute atomic E-state index is 12.8. The third-order valence-electron chi connectivity index (χ3n) is 2.28. The Bertz CT molecular complexity index is 357. The van der Waals surface area contributed by atoms with E-state index in [1.54, 1.807) is 0 Å². The Hall–Kier alpha value is -1.15. The molecule has 0 rings (SSSR count). The van der Waals surface area contributed by atoms with Crippen molar-refractivity contribution in [3.8, 4) is 0 Å². The van der Waals surface area contributed by atoms with Gasteiger partial charge in [-0.05, 0) is 0 Å². The predicted molar refractivity (Wildman–Crippen MR) is 50.0 cm³/mol. The zero-order chi connectivity index (χ0) is 15.6. The largest absolute Gasteiger partial charge is 0.459 e. The molecule has 0 aromatic heterocycles. The summed E-state index contributed by atoms with van der Waals surface area (Å²) in [4.78, 5) is 22.0. The van der Waals surface area contributed by atoms with E-state index in [1.165, 1.54) is 13.8 Å². The summed E-state index contributed by atoms with van der Waals surface area (Å²) >= 11 is 0. The minimum Gasteiger partial charge on any atom is -0.291 e. The van der Waals surface area contributed by atoms with Gasteiger partial charge in [-0.3, -0.25) is 9.59 Å². The lowest BCUT2D eigenvalue weighted by molar-refractivity contribution is -0.355. The fraction of sp³-hybridized carbons (Fsp3) is 0.800. The van der Waals surface area contributed by atoms with Crippen LogP contribution in [0.4, 0.5) is 30.7 Å². The van der Waals surface area contributed by atoms with Crippen LogP contribution in [-0.4, -0.2) is 29.6 Å². The first kappa shape index (κ1) is 17.8. The normalized spacial score (nSPS) is 13.8. The molecule has 9 heteroatoms. The van der Waals surface area contributed by atoms with Crippen LogP contribution in [0.5, 0.6) is 0 Å². The van der Waals surface area contributed by atoms with Crippen LogP contribution >= 0.6 is 0 Å². The summed E-state index contributed by atoms with van der Waals surface area (Å²) in [5, 5.41) is 0. The molecule has 0 radical (unpaired) electrons. The molecule has 0 bridgehead atoms. The van der Waals surface area contributed by atoms with Gasteiger partial charge in [-0.25, -0.2) is 0 Å². The van der Waals surface area contributed by atoms with Crippen LogP contribution in [0.3, 0.4) is 0 Å². The van der Waals surface area contributed by atoms with Crippen molar-refractivity contribution in [1.82, 2.24) is 0 Å². The Kier molecular flexibility index (Phi) is 5.13. The highest BCUT2D eigenvalue weighted by atomic mass is 19.4. The Morgan fingerprint density at radius 1 is 0.947 bits per heavy atom. The maximum atomic E-state index is 12.8. The van der Waals surface area contributed by atoms with Crippen LogP contribution in [0.25, 0.3) is 0 Å². The highest BCUT2D eigenvalue weighted by molar-refractivity contribution is 6.37. The molecule has 0 spiro atoms. The van der Waals surface area contributed by atoms with E-state index >= 15 is 0 Å². The SMILES string of the molecule is CC(C)C(=O)C(=O)CCC(F)(F)C(F)(F)C(F)(F)F. The number of hydrogen-bond acceptors (Lipinski definition) is 2. The molecule has 0 amide bonds. The van der Waals surface area contributed by atoms with Crippen LogP contribution in [0.2, 0.25) is 0 Å². The van der Waals surface area contributed by atoms with Gasteiger partial charge in [0.1, 0.15) is 0 Å². The average Bonchev–Trinajstić information content (AvgIpc) is 2.22. The number of carbonyl (C=O) groups excluding carboxylic acids is 2. The Morgan fingerprint density at radius 3 is 1.68 bits per heavy atom. The van der Waals surface area contributed by atoms with Crippen LogP contribution in [-0.2, 0) is 9.59 Å². The summed E-state index contributed by atoms with van der Waals surface area (Å²) < 4.78 is 85.7. The number of rotatable bonds is 6. The first-order valence-corrected chi connectivity index (χ1v) is 5.13. The summed E-state index contributed by atoms with van der Waals surface area (Å²) in [5.74, 6) is -15.0. The van der Waals surface area contributed by atoms with Crippen molar-refractivity contribution in [2.75, 3.05) is 0 Å². The van der Waals surface area contributed by atoms with Crippen molar-refractivity contribution < 1.29 is 40.3 Å². The van der Waals surface area contributed by atoms with Crippen molar-refractivity contribution in [3.63, 3.8) is 0 Å². The van der Waals surface area contributed by atoms with Gasteiger partial charge in [-0.15, -0.1) is 0 Å².